The van der Waals surface area contributed by atoms with Crippen LogP contribution in [0, 0.1) is 11.3 Å². The third-order valence-electron chi connectivity index (χ3n) is 2.67. The predicted octanol–water partition coefficient (Wildman–Crippen LogP) is 1.61. The highest BCUT2D eigenvalue weighted by molar-refractivity contribution is 5.45. The van der Waals surface area contributed by atoms with E-state index in [1.807, 2.05) is 18.2 Å². The van der Waals surface area contributed by atoms with Crippen LogP contribution in [0.25, 0.3) is 0 Å². The largest absolute Gasteiger partial charge is 0.495 e. The van der Waals surface area contributed by atoms with E-state index >= 15 is 0 Å². The second kappa shape index (κ2) is 7.70. The van der Waals surface area contributed by atoms with E-state index in [0.717, 1.165) is 31.6 Å². The fourth-order valence-electron chi connectivity index (χ4n) is 1.71. The van der Waals surface area contributed by atoms with Crippen LogP contribution in [-0.2, 0) is 6.54 Å². The highest BCUT2D eigenvalue weighted by atomic mass is 16.5. The van der Waals surface area contributed by atoms with Gasteiger partial charge in [-0.3, -0.25) is 0 Å². The van der Waals surface area contributed by atoms with Gasteiger partial charge in [-0.2, -0.15) is 5.26 Å². The van der Waals surface area contributed by atoms with Crippen molar-refractivity contribution in [1.82, 2.24) is 10.2 Å². The Kier molecular flexibility index (Phi) is 6.20. The van der Waals surface area contributed by atoms with Gasteiger partial charge >= 0.3 is 0 Å². The monoisotopic (exact) mass is 247 g/mol. The van der Waals surface area contributed by atoms with Gasteiger partial charge in [0.05, 0.1) is 12.7 Å². The Balaban J connectivity index is 2.41. The smallest absolute Gasteiger partial charge is 0.136 e. The molecular weight excluding hydrogens is 226 g/mol. The molecule has 0 unspecified atom stereocenters. The quantitative estimate of drug-likeness (QED) is 0.744. The second-order valence-corrected chi connectivity index (χ2v) is 4.48. The fraction of sp³-hybridized carbons (Fsp3) is 0.500. The van der Waals surface area contributed by atoms with Gasteiger partial charge in [-0.05, 0) is 51.3 Å². The molecule has 0 heterocycles. The number of nitrogens with zero attached hydrogens (tertiary/aromatic N) is 2. The summed E-state index contributed by atoms with van der Waals surface area (Å²) in [6.45, 7) is 2.84. The Morgan fingerprint density at radius 3 is 2.78 bits per heavy atom. The molecule has 0 bridgehead atoms. The summed E-state index contributed by atoms with van der Waals surface area (Å²) >= 11 is 0. The van der Waals surface area contributed by atoms with Crippen LogP contribution in [0.2, 0.25) is 0 Å². The molecule has 0 aliphatic carbocycles. The van der Waals surface area contributed by atoms with Crippen LogP contribution in [0.3, 0.4) is 0 Å². The van der Waals surface area contributed by atoms with Crippen molar-refractivity contribution < 1.29 is 4.74 Å². The lowest BCUT2D eigenvalue weighted by Crippen LogP contribution is -2.21. The number of hydrogen-bond donors (Lipinski definition) is 1. The Labute approximate surface area is 109 Å². The zero-order valence-corrected chi connectivity index (χ0v) is 11.4. The third kappa shape index (κ3) is 4.74. The van der Waals surface area contributed by atoms with E-state index in [-0.39, 0.29) is 0 Å². The lowest BCUT2D eigenvalue weighted by molar-refractivity contribution is 0.394. The Hall–Kier alpha value is -1.57. The van der Waals surface area contributed by atoms with Gasteiger partial charge in [-0.1, -0.05) is 6.07 Å². The Bertz CT molecular complexity index is 410. The molecule has 0 amide bonds. The van der Waals surface area contributed by atoms with Crippen molar-refractivity contribution in [3.8, 4) is 11.8 Å². The lowest BCUT2D eigenvalue weighted by atomic mass is 10.1. The Morgan fingerprint density at radius 2 is 2.17 bits per heavy atom. The van der Waals surface area contributed by atoms with Gasteiger partial charge in [0, 0.05) is 6.54 Å². The van der Waals surface area contributed by atoms with Gasteiger partial charge in [0.2, 0.25) is 0 Å². The van der Waals surface area contributed by atoms with Crippen LogP contribution in [0.5, 0.6) is 5.75 Å². The minimum Gasteiger partial charge on any atom is -0.495 e. The number of ether oxygens (including phenoxy) is 1. The van der Waals surface area contributed by atoms with Crippen molar-refractivity contribution in [3.63, 3.8) is 0 Å². The van der Waals surface area contributed by atoms with E-state index < -0.39 is 0 Å². The predicted molar refractivity (Wildman–Crippen MR) is 72.6 cm³/mol. The van der Waals surface area contributed by atoms with Crippen molar-refractivity contribution >= 4 is 0 Å². The van der Waals surface area contributed by atoms with Crippen molar-refractivity contribution in [2.24, 2.45) is 0 Å². The van der Waals surface area contributed by atoms with Gasteiger partial charge in [0.1, 0.15) is 11.8 Å². The molecule has 0 spiro atoms. The van der Waals surface area contributed by atoms with Crippen molar-refractivity contribution in [2.75, 3.05) is 34.3 Å². The molecule has 18 heavy (non-hydrogen) atoms. The number of rotatable bonds is 7. The first-order valence-electron chi connectivity index (χ1n) is 6.10. The standard InChI is InChI=1S/C14H21N3O/c1-17(2)8-4-7-16-11-12-5-6-14(18-3)13(9-12)10-15/h5-6,9,16H,4,7-8,11H2,1-3H3. The zero-order chi connectivity index (χ0) is 13.4. The summed E-state index contributed by atoms with van der Waals surface area (Å²) in [6, 6.07) is 7.84. The van der Waals surface area contributed by atoms with E-state index in [0.29, 0.717) is 11.3 Å². The first kappa shape index (κ1) is 14.5. The van der Waals surface area contributed by atoms with E-state index in [9.17, 15) is 0 Å². The first-order valence-corrected chi connectivity index (χ1v) is 6.10. The molecule has 0 saturated carbocycles. The molecule has 0 fully saturated rings. The van der Waals surface area contributed by atoms with Crippen LogP contribution in [0.15, 0.2) is 18.2 Å². The number of nitriles is 1. The van der Waals surface area contributed by atoms with Gasteiger partial charge in [-0.25, -0.2) is 0 Å². The molecule has 0 atom stereocenters. The van der Waals surface area contributed by atoms with Crippen molar-refractivity contribution in [1.29, 1.82) is 5.26 Å². The minimum absolute atomic E-state index is 0.588. The zero-order valence-electron chi connectivity index (χ0n) is 11.4. The molecule has 4 heteroatoms. The summed E-state index contributed by atoms with van der Waals surface area (Å²) in [4.78, 5) is 2.17. The summed E-state index contributed by atoms with van der Waals surface area (Å²) < 4.78 is 5.11. The molecule has 1 N–H and O–H groups in total. The number of nitrogens with one attached hydrogen (secondary N) is 1. The van der Waals surface area contributed by atoms with E-state index in [1.54, 1.807) is 7.11 Å². The van der Waals surface area contributed by atoms with Crippen molar-refractivity contribution in [3.05, 3.63) is 29.3 Å². The third-order valence-corrected chi connectivity index (χ3v) is 2.67. The summed E-state index contributed by atoms with van der Waals surface area (Å²) in [5.41, 5.74) is 1.70. The average Bonchev–Trinajstić information content (AvgIpc) is 2.37. The van der Waals surface area contributed by atoms with Crippen molar-refractivity contribution in [2.45, 2.75) is 13.0 Å². The van der Waals surface area contributed by atoms with E-state index in [2.05, 4.69) is 30.4 Å². The van der Waals surface area contributed by atoms with E-state index in [4.69, 9.17) is 10.00 Å². The van der Waals surface area contributed by atoms with Crippen LogP contribution in [0.4, 0.5) is 0 Å². The highest BCUT2D eigenvalue weighted by Gasteiger charge is 2.03. The average molecular weight is 247 g/mol. The van der Waals surface area contributed by atoms with Gasteiger partial charge in [0.15, 0.2) is 0 Å². The molecule has 0 aromatic heterocycles. The van der Waals surface area contributed by atoms with Crippen LogP contribution in [0.1, 0.15) is 17.5 Å². The van der Waals surface area contributed by atoms with E-state index in [1.165, 1.54) is 0 Å². The maximum atomic E-state index is 8.99. The molecule has 1 rings (SSSR count). The first-order chi connectivity index (χ1) is 8.67. The molecular formula is C14H21N3O. The summed E-state index contributed by atoms with van der Waals surface area (Å²) in [5, 5.41) is 12.4. The van der Waals surface area contributed by atoms with Gasteiger partial charge in [0.25, 0.3) is 0 Å². The fourth-order valence-corrected chi connectivity index (χ4v) is 1.71. The highest BCUT2D eigenvalue weighted by Crippen LogP contribution is 2.18. The van der Waals surface area contributed by atoms with Crippen LogP contribution >= 0.6 is 0 Å². The molecule has 4 nitrogen and oxygen atoms in total. The summed E-state index contributed by atoms with van der Waals surface area (Å²) in [7, 11) is 5.72. The topological polar surface area (TPSA) is 48.3 Å². The Morgan fingerprint density at radius 1 is 1.39 bits per heavy atom. The number of benzene rings is 1. The van der Waals surface area contributed by atoms with Crippen LogP contribution in [-0.4, -0.2) is 39.2 Å². The number of methoxy groups -OCH3 is 1. The molecule has 0 aliphatic rings. The molecule has 1 aromatic rings. The molecule has 98 valence electrons. The molecule has 0 radical (unpaired) electrons. The molecule has 1 aromatic carbocycles. The van der Waals surface area contributed by atoms with Gasteiger partial charge in [-0.15, -0.1) is 0 Å². The van der Waals surface area contributed by atoms with Gasteiger partial charge < -0.3 is 15.0 Å². The lowest BCUT2D eigenvalue weighted by Gasteiger charge is -2.10. The maximum Gasteiger partial charge on any atom is 0.136 e. The molecule has 0 aliphatic heterocycles. The molecule has 0 saturated heterocycles. The summed E-state index contributed by atoms with van der Waals surface area (Å²) in [6.07, 6.45) is 1.12. The summed E-state index contributed by atoms with van der Waals surface area (Å²) in [5.74, 6) is 0.633. The number of hydrogen-bond acceptors (Lipinski definition) is 4. The normalized spacial score (nSPS) is 10.4. The maximum absolute atomic E-state index is 8.99. The second-order valence-electron chi connectivity index (χ2n) is 4.48. The minimum atomic E-state index is 0.588. The van der Waals surface area contributed by atoms with Crippen LogP contribution < -0.4 is 10.1 Å². The SMILES string of the molecule is COc1ccc(CNCCCN(C)C)cc1C#N.